The Morgan fingerprint density at radius 2 is 2.15 bits per heavy atom. The highest BCUT2D eigenvalue weighted by Gasteiger charge is 2.66. The summed E-state index contributed by atoms with van der Waals surface area (Å²) in [7, 11) is 1.12. The summed E-state index contributed by atoms with van der Waals surface area (Å²) in [6, 6.07) is -4.49. The highest BCUT2D eigenvalue weighted by atomic mass is 19.4. The second-order valence-corrected chi connectivity index (χ2v) is 5.15. The van der Waals surface area contributed by atoms with Crippen LogP contribution in [-0.4, -0.2) is 53.7 Å². The van der Waals surface area contributed by atoms with Crippen LogP contribution in [0.5, 0.6) is 0 Å². The van der Waals surface area contributed by atoms with Gasteiger partial charge in [-0.3, -0.25) is 19.8 Å². The molecule has 114 valence electrons. The Hall–Kier alpha value is -1.38. The van der Waals surface area contributed by atoms with Gasteiger partial charge in [0.15, 0.2) is 6.04 Å². The van der Waals surface area contributed by atoms with Crippen molar-refractivity contribution in [3.8, 4) is 0 Å². The Morgan fingerprint density at radius 1 is 1.50 bits per heavy atom. The summed E-state index contributed by atoms with van der Waals surface area (Å²) in [5, 5.41) is 11.1. The molecule has 0 amide bonds. The zero-order chi connectivity index (χ0) is 15.1. The van der Waals surface area contributed by atoms with E-state index in [4.69, 9.17) is 0 Å². The van der Waals surface area contributed by atoms with Crippen LogP contribution in [0.2, 0.25) is 0 Å². The van der Waals surface area contributed by atoms with E-state index in [9.17, 15) is 28.1 Å². The first-order valence-corrected chi connectivity index (χ1v) is 6.30. The Bertz CT molecular complexity index is 415. The van der Waals surface area contributed by atoms with Gasteiger partial charge in [0.2, 0.25) is 6.04 Å². The summed E-state index contributed by atoms with van der Waals surface area (Å²) >= 11 is 0. The number of hydrogen-bond donors (Lipinski definition) is 0. The molecule has 9 heteroatoms. The van der Waals surface area contributed by atoms with E-state index in [2.05, 4.69) is 4.74 Å². The molecule has 0 N–H and O–H groups in total. The van der Waals surface area contributed by atoms with Crippen LogP contribution in [0.25, 0.3) is 0 Å². The summed E-state index contributed by atoms with van der Waals surface area (Å²) in [6.07, 6.45) is -4.03. The minimum absolute atomic E-state index is 0.177. The molecule has 0 unspecified atom stereocenters. The molecule has 4 atom stereocenters. The largest absolute Gasteiger partial charge is 0.469 e. The number of hydrogen-bond acceptors (Lipinski definition) is 5. The number of carbonyl (C=O) groups excluding carboxylic acids is 1. The van der Waals surface area contributed by atoms with Gasteiger partial charge in [-0.15, -0.1) is 0 Å². The molecule has 2 rings (SSSR count). The number of nitro groups is 1. The highest BCUT2D eigenvalue weighted by molar-refractivity contribution is 5.69. The molecule has 0 saturated carbocycles. The number of nitrogens with zero attached hydrogens (tertiary/aromatic N) is 2. The van der Waals surface area contributed by atoms with Crippen LogP contribution in [0.3, 0.4) is 0 Å². The van der Waals surface area contributed by atoms with Gasteiger partial charge in [0.1, 0.15) is 0 Å². The predicted octanol–water partition coefficient (Wildman–Crippen LogP) is 1.22. The molecular formula is C11H15F3N2O4. The molecule has 2 aliphatic rings. The lowest BCUT2D eigenvalue weighted by atomic mass is 9.89. The topological polar surface area (TPSA) is 72.7 Å². The van der Waals surface area contributed by atoms with Crippen molar-refractivity contribution in [2.45, 2.75) is 43.6 Å². The summed E-state index contributed by atoms with van der Waals surface area (Å²) in [6.45, 7) is 0.177. The molecule has 2 saturated heterocycles. The van der Waals surface area contributed by atoms with E-state index in [1.54, 1.807) is 0 Å². The summed E-state index contributed by atoms with van der Waals surface area (Å²) in [4.78, 5) is 22.7. The zero-order valence-corrected chi connectivity index (χ0v) is 10.8. The minimum Gasteiger partial charge on any atom is -0.469 e. The highest BCUT2D eigenvalue weighted by Crippen LogP contribution is 2.46. The van der Waals surface area contributed by atoms with E-state index in [-0.39, 0.29) is 13.0 Å². The standard InChI is InChI=1S/C11H15F3N2O4/c1-20-8(17)5-6-7-3-2-4-15(7)10(11(12,13)14)9(6)16(18)19/h6-7,9-10H,2-5H2,1H3/t6-,7+,9+,10+/m1/s1. The van der Waals surface area contributed by atoms with E-state index in [1.165, 1.54) is 0 Å². The van der Waals surface area contributed by atoms with Gasteiger partial charge in [0.25, 0.3) is 0 Å². The van der Waals surface area contributed by atoms with Crippen molar-refractivity contribution in [3.63, 3.8) is 0 Å². The first-order valence-electron chi connectivity index (χ1n) is 6.30. The van der Waals surface area contributed by atoms with E-state index in [0.717, 1.165) is 12.0 Å². The maximum absolute atomic E-state index is 13.1. The lowest BCUT2D eigenvalue weighted by Gasteiger charge is -2.25. The summed E-state index contributed by atoms with van der Waals surface area (Å²) in [5.41, 5.74) is 0. The molecule has 20 heavy (non-hydrogen) atoms. The fraction of sp³-hybridized carbons (Fsp3) is 0.909. The van der Waals surface area contributed by atoms with Crippen molar-refractivity contribution in [1.29, 1.82) is 0 Å². The average Bonchev–Trinajstić information content (AvgIpc) is 2.88. The summed E-state index contributed by atoms with van der Waals surface area (Å²) < 4.78 is 43.9. The molecule has 0 aliphatic carbocycles. The number of alkyl halides is 3. The fourth-order valence-corrected chi connectivity index (χ4v) is 3.46. The Labute approximate surface area is 113 Å². The van der Waals surface area contributed by atoms with Gasteiger partial charge in [-0.1, -0.05) is 0 Å². The third-order valence-corrected chi connectivity index (χ3v) is 4.16. The molecule has 0 aromatic carbocycles. The number of fused-ring (bicyclic) bond motifs is 1. The van der Waals surface area contributed by atoms with Gasteiger partial charge in [-0.05, 0) is 19.4 Å². The molecule has 0 bridgehead atoms. The maximum atomic E-state index is 13.1. The van der Waals surface area contributed by atoms with Crippen LogP contribution in [0.1, 0.15) is 19.3 Å². The van der Waals surface area contributed by atoms with Crippen molar-refractivity contribution in [3.05, 3.63) is 10.1 Å². The van der Waals surface area contributed by atoms with Gasteiger partial charge in [-0.25, -0.2) is 0 Å². The van der Waals surface area contributed by atoms with Crippen molar-refractivity contribution < 1.29 is 27.6 Å². The Balaban J connectivity index is 2.33. The van der Waals surface area contributed by atoms with E-state index in [1.807, 2.05) is 0 Å². The third-order valence-electron chi connectivity index (χ3n) is 4.16. The number of methoxy groups -OCH3 is 1. The van der Waals surface area contributed by atoms with E-state index >= 15 is 0 Å². The van der Waals surface area contributed by atoms with Gasteiger partial charge < -0.3 is 4.74 Å². The molecular weight excluding hydrogens is 281 g/mol. The van der Waals surface area contributed by atoms with Crippen LogP contribution in [0.15, 0.2) is 0 Å². The third kappa shape index (κ3) is 2.46. The van der Waals surface area contributed by atoms with E-state index in [0.29, 0.717) is 12.8 Å². The Kier molecular flexibility index (Phi) is 3.90. The summed E-state index contributed by atoms with van der Waals surface area (Å²) in [5.74, 6) is -1.66. The quantitative estimate of drug-likeness (QED) is 0.445. The normalized spacial score (nSPS) is 34.0. The van der Waals surface area contributed by atoms with Crippen LogP contribution >= 0.6 is 0 Å². The average molecular weight is 296 g/mol. The molecule has 0 aromatic heterocycles. The number of carbonyl (C=O) groups is 1. The molecule has 2 fully saturated rings. The Morgan fingerprint density at radius 3 is 2.65 bits per heavy atom. The molecule has 0 aromatic rings. The van der Waals surface area contributed by atoms with E-state index < -0.39 is 41.1 Å². The zero-order valence-electron chi connectivity index (χ0n) is 10.8. The van der Waals surface area contributed by atoms with Crippen LogP contribution in [-0.2, 0) is 9.53 Å². The van der Waals surface area contributed by atoms with Crippen molar-refractivity contribution >= 4 is 5.97 Å². The van der Waals surface area contributed by atoms with Gasteiger partial charge in [-0.2, -0.15) is 13.2 Å². The van der Waals surface area contributed by atoms with Gasteiger partial charge >= 0.3 is 12.1 Å². The number of rotatable bonds is 3. The molecule has 6 nitrogen and oxygen atoms in total. The second-order valence-electron chi connectivity index (χ2n) is 5.15. The maximum Gasteiger partial charge on any atom is 0.410 e. The van der Waals surface area contributed by atoms with Crippen molar-refractivity contribution in [2.24, 2.45) is 5.92 Å². The van der Waals surface area contributed by atoms with Crippen LogP contribution in [0.4, 0.5) is 13.2 Å². The SMILES string of the molecule is COC(=O)C[C@H]1[C@H]([N+](=O)[O-])[C@@H](C(F)(F)F)N2CCC[C@@H]12. The van der Waals surface area contributed by atoms with Crippen LogP contribution < -0.4 is 0 Å². The second kappa shape index (κ2) is 5.19. The van der Waals surface area contributed by atoms with Crippen molar-refractivity contribution in [1.82, 2.24) is 4.90 Å². The molecule has 0 spiro atoms. The number of esters is 1. The minimum atomic E-state index is -4.68. The van der Waals surface area contributed by atoms with Gasteiger partial charge in [0.05, 0.1) is 19.4 Å². The lowest BCUT2D eigenvalue weighted by Crippen LogP contribution is -2.50. The fourth-order valence-electron chi connectivity index (χ4n) is 3.46. The molecule has 2 heterocycles. The predicted molar refractivity (Wildman–Crippen MR) is 60.5 cm³/mol. The molecule has 2 aliphatic heterocycles. The number of halogens is 3. The lowest BCUT2D eigenvalue weighted by molar-refractivity contribution is -0.540. The number of ether oxygens (including phenoxy) is 1. The van der Waals surface area contributed by atoms with Crippen LogP contribution in [0, 0.1) is 16.0 Å². The first-order chi connectivity index (χ1) is 9.27. The first kappa shape index (κ1) is 15.0. The molecule has 0 radical (unpaired) electrons. The van der Waals surface area contributed by atoms with Gasteiger partial charge in [0, 0.05) is 11.0 Å². The monoisotopic (exact) mass is 296 g/mol. The van der Waals surface area contributed by atoms with Crippen molar-refractivity contribution in [2.75, 3.05) is 13.7 Å². The smallest absolute Gasteiger partial charge is 0.410 e.